The van der Waals surface area contributed by atoms with Crippen molar-refractivity contribution in [2.24, 2.45) is 0 Å². The third kappa shape index (κ3) is 3.39. The summed E-state index contributed by atoms with van der Waals surface area (Å²) in [5.41, 5.74) is -1.11. The molecule has 0 saturated carbocycles. The summed E-state index contributed by atoms with van der Waals surface area (Å²) in [4.78, 5) is 36.2. The second-order valence-corrected chi connectivity index (χ2v) is 5.14. The first-order chi connectivity index (χ1) is 12.9. The number of nitro groups is 1. The second kappa shape index (κ2) is 8.17. The number of nitro benzene ring substituents is 1. The molecule has 0 spiro atoms. The molecule has 9 nitrogen and oxygen atoms in total. The van der Waals surface area contributed by atoms with Gasteiger partial charge in [-0.2, -0.15) is 0 Å². The highest BCUT2D eigenvalue weighted by Gasteiger charge is 2.39. The van der Waals surface area contributed by atoms with Gasteiger partial charge in [-0.3, -0.25) is 14.9 Å². The highest BCUT2D eigenvalue weighted by Crippen LogP contribution is 2.49. The molecule has 0 heterocycles. The lowest BCUT2D eigenvalue weighted by atomic mass is 9.96. The van der Waals surface area contributed by atoms with Crippen molar-refractivity contribution in [3.8, 4) is 17.2 Å². The molecule has 27 heavy (non-hydrogen) atoms. The summed E-state index contributed by atoms with van der Waals surface area (Å²) in [7, 11) is 4.62. The topological polar surface area (TPSA) is 114 Å². The van der Waals surface area contributed by atoms with E-state index in [9.17, 15) is 19.7 Å². The number of methoxy groups -OCH3 is 4. The molecule has 0 aromatic heterocycles. The highest BCUT2D eigenvalue weighted by molar-refractivity contribution is 6.16. The Kier molecular flexibility index (Phi) is 5.96. The molecule has 0 unspecified atom stereocenters. The molecule has 0 fully saturated rings. The number of benzene rings is 2. The van der Waals surface area contributed by atoms with Crippen LogP contribution in [0.5, 0.6) is 17.2 Å². The van der Waals surface area contributed by atoms with Gasteiger partial charge < -0.3 is 18.9 Å². The Morgan fingerprint density at radius 1 is 0.852 bits per heavy atom. The Labute approximate surface area is 154 Å². The number of carbonyl (C=O) groups is 2. The molecule has 0 atom stereocenters. The van der Waals surface area contributed by atoms with Crippen molar-refractivity contribution in [1.29, 1.82) is 0 Å². The molecular weight excluding hydrogens is 358 g/mol. The van der Waals surface area contributed by atoms with E-state index in [1.807, 2.05) is 0 Å². The van der Waals surface area contributed by atoms with Gasteiger partial charge >= 0.3 is 11.7 Å². The molecule has 0 saturated heterocycles. The maximum absolute atomic E-state index is 13.1. The molecule has 0 amide bonds. The monoisotopic (exact) mass is 375 g/mol. The maximum atomic E-state index is 13.1. The van der Waals surface area contributed by atoms with Crippen LogP contribution in [-0.4, -0.2) is 45.1 Å². The van der Waals surface area contributed by atoms with Gasteiger partial charge in [0.2, 0.25) is 17.3 Å². The largest absolute Gasteiger partial charge is 0.495 e. The number of ketones is 1. The molecule has 0 N–H and O–H groups in total. The van der Waals surface area contributed by atoms with Gasteiger partial charge in [-0.25, -0.2) is 4.79 Å². The summed E-state index contributed by atoms with van der Waals surface area (Å²) in [6.45, 7) is 0. The third-order valence-corrected chi connectivity index (χ3v) is 3.79. The Balaban J connectivity index is 3.01. The zero-order chi connectivity index (χ0) is 20.1. The minimum Gasteiger partial charge on any atom is -0.495 e. The fraction of sp³-hybridized carbons (Fsp3) is 0.222. The van der Waals surface area contributed by atoms with Crippen molar-refractivity contribution >= 4 is 17.4 Å². The van der Waals surface area contributed by atoms with Crippen molar-refractivity contribution in [3.63, 3.8) is 0 Å². The van der Waals surface area contributed by atoms with E-state index < -0.39 is 28.1 Å². The van der Waals surface area contributed by atoms with Crippen LogP contribution < -0.4 is 14.2 Å². The van der Waals surface area contributed by atoms with E-state index in [-0.39, 0.29) is 28.2 Å². The maximum Gasteiger partial charge on any atom is 0.354 e. The summed E-state index contributed by atoms with van der Waals surface area (Å²) in [6.07, 6.45) is 0. The van der Waals surface area contributed by atoms with E-state index in [1.165, 1.54) is 26.4 Å². The van der Waals surface area contributed by atoms with Crippen LogP contribution in [0.15, 0.2) is 30.3 Å². The quantitative estimate of drug-likeness (QED) is 0.314. The first kappa shape index (κ1) is 19.7. The van der Waals surface area contributed by atoms with Gasteiger partial charge in [-0.05, 0) is 0 Å². The third-order valence-electron chi connectivity index (χ3n) is 3.79. The number of rotatable bonds is 7. The van der Waals surface area contributed by atoms with E-state index in [1.54, 1.807) is 18.2 Å². The number of hydrogen-bond donors (Lipinski definition) is 0. The molecule has 0 aliphatic carbocycles. The Hall–Kier alpha value is -3.62. The van der Waals surface area contributed by atoms with Crippen LogP contribution in [0, 0.1) is 10.1 Å². The van der Waals surface area contributed by atoms with Crippen LogP contribution in [0.25, 0.3) is 0 Å². The molecular formula is C18H17NO8. The van der Waals surface area contributed by atoms with Gasteiger partial charge in [0, 0.05) is 5.56 Å². The van der Waals surface area contributed by atoms with Crippen LogP contribution in [-0.2, 0) is 4.74 Å². The van der Waals surface area contributed by atoms with Gasteiger partial charge in [0.1, 0.15) is 5.56 Å². The number of nitrogens with zero attached hydrogens (tertiary/aromatic N) is 1. The molecule has 2 aromatic rings. The Bertz CT molecular complexity index is 892. The predicted octanol–water partition coefficient (Wildman–Crippen LogP) is 2.64. The number of ether oxygens (including phenoxy) is 4. The summed E-state index contributed by atoms with van der Waals surface area (Å²) in [5.74, 6) is -2.63. The first-order valence-corrected chi connectivity index (χ1v) is 7.61. The van der Waals surface area contributed by atoms with Crippen LogP contribution in [0.1, 0.15) is 26.3 Å². The summed E-state index contributed by atoms with van der Waals surface area (Å²) < 4.78 is 20.2. The summed E-state index contributed by atoms with van der Waals surface area (Å²) in [6, 6.07) is 8.02. The molecule has 142 valence electrons. The predicted molar refractivity (Wildman–Crippen MR) is 94.0 cm³/mol. The van der Waals surface area contributed by atoms with Crippen molar-refractivity contribution in [2.75, 3.05) is 28.4 Å². The van der Waals surface area contributed by atoms with Crippen LogP contribution >= 0.6 is 0 Å². The molecule has 0 radical (unpaired) electrons. The molecule has 0 aliphatic rings. The lowest BCUT2D eigenvalue weighted by Gasteiger charge is -2.18. The fourth-order valence-electron chi connectivity index (χ4n) is 2.67. The number of carbonyl (C=O) groups excluding carboxylic acids is 2. The van der Waals surface area contributed by atoms with Gasteiger partial charge in [-0.15, -0.1) is 0 Å². The smallest absolute Gasteiger partial charge is 0.354 e. The molecule has 9 heteroatoms. The van der Waals surface area contributed by atoms with Gasteiger partial charge in [0.15, 0.2) is 11.3 Å². The Morgan fingerprint density at radius 2 is 1.37 bits per heavy atom. The van der Waals surface area contributed by atoms with E-state index in [4.69, 9.17) is 18.9 Å². The average Bonchev–Trinajstić information content (AvgIpc) is 2.70. The number of hydrogen-bond acceptors (Lipinski definition) is 8. The molecule has 2 aromatic carbocycles. The van der Waals surface area contributed by atoms with E-state index in [2.05, 4.69) is 0 Å². The van der Waals surface area contributed by atoms with Gasteiger partial charge in [0.25, 0.3) is 0 Å². The molecule has 0 bridgehead atoms. The van der Waals surface area contributed by atoms with Crippen LogP contribution in [0.3, 0.4) is 0 Å². The van der Waals surface area contributed by atoms with Crippen LogP contribution in [0.2, 0.25) is 0 Å². The van der Waals surface area contributed by atoms with Crippen LogP contribution in [0.4, 0.5) is 5.69 Å². The minimum absolute atomic E-state index is 0.226. The zero-order valence-electron chi connectivity index (χ0n) is 15.1. The average molecular weight is 375 g/mol. The van der Waals surface area contributed by atoms with Gasteiger partial charge in [0.05, 0.1) is 33.4 Å². The zero-order valence-corrected chi connectivity index (χ0v) is 15.1. The number of esters is 1. The van der Waals surface area contributed by atoms with Crippen molar-refractivity contribution in [3.05, 3.63) is 57.1 Å². The lowest BCUT2D eigenvalue weighted by molar-refractivity contribution is -0.386. The second-order valence-electron chi connectivity index (χ2n) is 5.14. The van der Waals surface area contributed by atoms with Crippen molar-refractivity contribution in [2.45, 2.75) is 0 Å². The summed E-state index contributed by atoms with van der Waals surface area (Å²) in [5, 5.41) is 11.7. The van der Waals surface area contributed by atoms with Crippen molar-refractivity contribution in [1.82, 2.24) is 0 Å². The van der Waals surface area contributed by atoms with E-state index >= 15 is 0 Å². The van der Waals surface area contributed by atoms with Crippen molar-refractivity contribution < 1.29 is 33.5 Å². The normalized spacial score (nSPS) is 10.1. The SMILES string of the molecule is COC(=O)c1c(OC)c(C(=O)c2ccccc2)c(OC)c([N+](=O)[O-])c1OC. The standard InChI is InChI=1S/C18H17NO8/c1-24-15-11(14(20)10-8-6-5-7-9-10)16(25-2)13(19(22)23)17(26-3)12(15)18(21)27-4/h5-9H,1-4H3. The minimum atomic E-state index is -0.962. The fourth-order valence-corrected chi connectivity index (χ4v) is 2.67. The van der Waals surface area contributed by atoms with E-state index in [0.717, 1.165) is 14.2 Å². The van der Waals surface area contributed by atoms with Gasteiger partial charge in [-0.1, -0.05) is 30.3 Å². The molecule has 0 aliphatic heterocycles. The summed E-state index contributed by atoms with van der Waals surface area (Å²) >= 11 is 0. The molecule has 2 rings (SSSR count). The van der Waals surface area contributed by atoms with E-state index in [0.29, 0.717) is 0 Å². The lowest BCUT2D eigenvalue weighted by Crippen LogP contribution is -2.15. The highest BCUT2D eigenvalue weighted by atomic mass is 16.6. The Morgan fingerprint density at radius 3 is 1.81 bits per heavy atom. The first-order valence-electron chi connectivity index (χ1n) is 7.61.